The average Bonchev–Trinajstić information content (AvgIpc) is 3.34. The van der Waals surface area contributed by atoms with Crippen LogP contribution in [0.2, 0.25) is 0 Å². The Hall–Kier alpha value is -2.23. The molecule has 2 amide bonds. The second-order valence-corrected chi connectivity index (χ2v) is 9.64. The number of hydrogen-bond donors (Lipinski definition) is 1. The molecule has 2 fully saturated rings. The van der Waals surface area contributed by atoms with Crippen molar-refractivity contribution in [2.75, 3.05) is 11.9 Å². The summed E-state index contributed by atoms with van der Waals surface area (Å²) in [4.78, 5) is 30.9. The Morgan fingerprint density at radius 3 is 2.87 bits per heavy atom. The highest BCUT2D eigenvalue weighted by Gasteiger charge is 2.33. The Morgan fingerprint density at radius 1 is 1.30 bits per heavy atom. The number of rotatable bonds is 6. The van der Waals surface area contributed by atoms with Crippen molar-refractivity contribution in [3.8, 4) is 5.75 Å². The fourth-order valence-corrected chi connectivity index (χ4v) is 5.23. The number of para-hydroxylation sites is 1. The minimum absolute atomic E-state index is 0.137. The number of aromatic nitrogens is 1. The Morgan fingerprint density at radius 2 is 2.10 bits per heavy atom. The number of thioether (sulfide) groups is 1. The molecule has 6 nitrogen and oxygen atoms in total. The van der Waals surface area contributed by atoms with Crippen molar-refractivity contribution in [1.82, 2.24) is 9.88 Å². The first-order valence-corrected chi connectivity index (χ1v) is 11.9. The molecular weight excluding hydrogens is 438 g/mol. The Bertz CT molecular complexity index is 969. The van der Waals surface area contributed by atoms with E-state index in [1.165, 1.54) is 47.3 Å². The van der Waals surface area contributed by atoms with Crippen molar-refractivity contribution in [2.45, 2.75) is 38.2 Å². The number of amides is 2. The smallest absolute Gasteiger partial charge is 0.266 e. The first-order valence-electron chi connectivity index (χ1n) is 9.80. The van der Waals surface area contributed by atoms with Crippen molar-refractivity contribution in [3.63, 3.8) is 0 Å². The van der Waals surface area contributed by atoms with Gasteiger partial charge in [0.15, 0.2) is 5.13 Å². The predicted octanol–water partition coefficient (Wildman–Crippen LogP) is 4.69. The van der Waals surface area contributed by atoms with Gasteiger partial charge >= 0.3 is 0 Å². The molecule has 2 heterocycles. The molecule has 0 bridgehead atoms. The standard InChI is InChI=1S/C21H21N3O3S3/c25-18(23-20-22-10-11-29-20)13-24-19(26)17(30-21(24)28)12-14-6-4-5-9-16(14)27-15-7-2-1-3-8-15/h4-6,9-12,15H,1-3,7-8,13H2,(H,22,23,25)/b17-12-. The van der Waals surface area contributed by atoms with E-state index >= 15 is 0 Å². The summed E-state index contributed by atoms with van der Waals surface area (Å²) in [6, 6.07) is 7.72. The van der Waals surface area contributed by atoms with E-state index in [2.05, 4.69) is 10.3 Å². The summed E-state index contributed by atoms with van der Waals surface area (Å²) < 4.78 is 6.59. The first kappa shape index (κ1) is 21.0. The van der Waals surface area contributed by atoms with Crippen LogP contribution in [-0.4, -0.2) is 38.7 Å². The van der Waals surface area contributed by atoms with Crippen LogP contribution in [0.15, 0.2) is 40.7 Å². The van der Waals surface area contributed by atoms with Gasteiger partial charge in [-0.15, -0.1) is 11.3 Å². The van der Waals surface area contributed by atoms with Gasteiger partial charge in [0.2, 0.25) is 5.91 Å². The van der Waals surface area contributed by atoms with E-state index in [9.17, 15) is 9.59 Å². The monoisotopic (exact) mass is 459 g/mol. The highest BCUT2D eigenvalue weighted by molar-refractivity contribution is 8.26. The predicted molar refractivity (Wildman–Crippen MR) is 125 cm³/mol. The molecule has 1 aromatic heterocycles. The van der Waals surface area contributed by atoms with Gasteiger partial charge < -0.3 is 10.1 Å². The Kier molecular flexibility index (Phi) is 6.81. The fraction of sp³-hybridized carbons (Fsp3) is 0.333. The maximum absolute atomic E-state index is 12.9. The molecule has 1 N–H and O–H groups in total. The van der Waals surface area contributed by atoms with E-state index in [0.29, 0.717) is 14.4 Å². The number of ether oxygens (including phenoxy) is 1. The quantitative estimate of drug-likeness (QED) is 0.499. The lowest BCUT2D eigenvalue weighted by atomic mass is 9.97. The molecule has 0 radical (unpaired) electrons. The summed E-state index contributed by atoms with van der Waals surface area (Å²) in [6.45, 7) is -0.137. The van der Waals surface area contributed by atoms with Crippen molar-refractivity contribution in [1.29, 1.82) is 0 Å². The molecule has 1 aliphatic heterocycles. The molecule has 1 aromatic carbocycles. The van der Waals surface area contributed by atoms with Gasteiger partial charge in [0, 0.05) is 17.1 Å². The molecule has 9 heteroatoms. The van der Waals surface area contributed by atoms with Crippen LogP contribution in [0, 0.1) is 0 Å². The summed E-state index contributed by atoms with van der Waals surface area (Å²) in [7, 11) is 0. The minimum Gasteiger partial charge on any atom is -0.490 e. The maximum Gasteiger partial charge on any atom is 0.266 e. The summed E-state index contributed by atoms with van der Waals surface area (Å²) in [6.07, 6.45) is 9.39. The Labute approximate surface area is 188 Å². The lowest BCUT2D eigenvalue weighted by molar-refractivity contribution is -0.126. The number of thiocarbonyl (C=S) groups is 1. The van der Waals surface area contributed by atoms with Crippen LogP contribution < -0.4 is 10.1 Å². The molecule has 30 heavy (non-hydrogen) atoms. The molecule has 2 aliphatic rings. The lowest BCUT2D eigenvalue weighted by Gasteiger charge is -2.23. The van der Waals surface area contributed by atoms with Crippen LogP contribution >= 0.6 is 35.3 Å². The SMILES string of the molecule is O=C(CN1C(=O)/C(=C/c2ccccc2OC2CCCCC2)SC1=S)Nc1nccs1. The number of thiazole rings is 1. The zero-order valence-electron chi connectivity index (χ0n) is 16.2. The molecule has 156 valence electrons. The van der Waals surface area contributed by atoms with E-state index in [1.54, 1.807) is 17.7 Å². The number of benzene rings is 1. The molecular formula is C21H21N3O3S3. The normalized spacial score (nSPS) is 18.8. The molecule has 4 rings (SSSR count). The van der Waals surface area contributed by atoms with Crippen molar-refractivity contribution in [2.24, 2.45) is 0 Å². The van der Waals surface area contributed by atoms with Gasteiger partial charge in [0.25, 0.3) is 5.91 Å². The number of nitrogens with zero attached hydrogens (tertiary/aromatic N) is 2. The lowest BCUT2D eigenvalue weighted by Crippen LogP contribution is -2.36. The number of anilines is 1. The van der Waals surface area contributed by atoms with Gasteiger partial charge in [-0.3, -0.25) is 14.5 Å². The van der Waals surface area contributed by atoms with Crippen molar-refractivity contribution < 1.29 is 14.3 Å². The van der Waals surface area contributed by atoms with Crippen molar-refractivity contribution >= 4 is 62.7 Å². The summed E-state index contributed by atoms with van der Waals surface area (Å²) in [5, 5.41) is 4.94. The van der Waals surface area contributed by atoms with Gasteiger partial charge in [-0.25, -0.2) is 4.98 Å². The van der Waals surface area contributed by atoms with E-state index < -0.39 is 0 Å². The van der Waals surface area contributed by atoms with E-state index in [-0.39, 0.29) is 24.5 Å². The highest BCUT2D eigenvalue weighted by Crippen LogP contribution is 2.35. The van der Waals surface area contributed by atoms with E-state index in [1.807, 2.05) is 24.3 Å². The minimum atomic E-state index is -0.330. The second-order valence-electron chi connectivity index (χ2n) is 7.07. The summed E-state index contributed by atoms with van der Waals surface area (Å²) in [5.41, 5.74) is 0.843. The largest absolute Gasteiger partial charge is 0.490 e. The summed E-state index contributed by atoms with van der Waals surface area (Å²) in [5.74, 6) is 0.173. The third kappa shape index (κ3) is 5.08. The highest BCUT2D eigenvalue weighted by atomic mass is 32.2. The number of carbonyl (C=O) groups excluding carboxylic acids is 2. The van der Waals surface area contributed by atoms with Crippen LogP contribution in [0.4, 0.5) is 5.13 Å². The molecule has 1 saturated heterocycles. The average molecular weight is 460 g/mol. The number of carbonyl (C=O) groups is 2. The fourth-order valence-electron chi connectivity index (χ4n) is 3.43. The van der Waals surface area contributed by atoms with Crippen LogP contribution in [0.5, 0.6) is 5.75 Å². The molecule has 1 aliphatic carbocycles. The molecule has 0 atom stereocenters. The second kappa shape index (κ2) is 9.72. The third-order valence-corrected chi connectivity index (χ3v) is 6.97. The van der Waals surface area contributed by atoms with Crippen LogP contribution in [0.1, 0.15) is 37.7 Å². The zero-order valence-corrected chi connectivity index (χ0v) is 18.7. The van der Waals surface area contributed by atoms with Gasteiger partial charge in [-0.05, 0) is 37.8 Å². The van der Waals surface area contributed by atoms with Crippen LogP contribution in [-0.2, 0) is 9.59 Å². The van der Waals surface area contributed by atoms with Gasteiger partial charge in [0.1, 0.15) is 16.6 Å². The third-order valence-electron chi connectivity index (χ3n) is 4.91. The molecule has 1 saturated carbocycles. The Balaban J connectivity index is 1.46. The topological polar surface area (TPSA) is 71.5 Å². The zero-order chi connectivity index (χ0) is 20.9. The van der Waals surface area contributed by atoms with Crippen LogP contribution in [0.25, 0.3) is 6.08 Å². The van der Waals surface area contributed by atoms with E-state index in [0.717, 1.165) is 24.2 Å². The van der Waals surface area contributed by atoms with E-state index in [4.69, 9.17) is 17.0 Å². The number of hydrogen-bond acceptors (Lipinski definition) is 7. The number of nitrogens with one attached hydrogen (secondary N) is 1. The maximum atomic E-state index is 12.9. The van der Waals surface area contributed by atoms with Gasteiger partial charge in [-0.1, -0.05) is 48.6 Å². The van der Waals surface area contributed by atoms with Gasteiger partial charge in [-0.2, -0.15) is 0 Å². The summed E-state index contributed by atoms with van der Waals surface area (Å²) >= 11 is 7.86. The van der Waals surface area contributed by atoms with Crippen LogP contribution in [0.3, 0.4) is 0 Å². The molecule has 0 spiro atoms. The molecule has 2 aromatic rings. The first-order chi connectivity index (χ1) is 14.6. The van der Waals surface area contributed by atoms with Crippen molar-refractivity contribution in [3.05, 3.63) is 46.3 Å². The molecule has 0 unspecified atom stereocenters. The van der Waals surface area contributed by atoms with Gasteiger partial charge in [0.05, 0.1) is 11.0 Å².